The van der Waals surface area contributed by atoms with E-state index in [-0.39, 0.29) is 0 Å². The number of hydrogen-bond donors (Lipinski definition) is 1. The number of aliphatic imine (C=N–C) groups is 1. The molecule has 1 saturated heterocycles. The number of nitrogens with one attached hydrogen (secondary N) is 1. The number of fused-ring (bicyclic) bond motifs is 1. The summed E-state index contributed by atoms with van der Waals surface area (Å²) in [5.41, 5.74) is 3.16. The molecule has 5 nitrogen and oxygen atoms in total. The molecular formula is C21H25N5. The molecule has 0 spiro atoms. The highest BCUT2D eigenvalue weighted by Crippen LogP contribution is 2.13. The van der Waals surface area contributed by atoms with E-state index in [4.69, 9.17) is 4.99 Å². The molecule has 4 rings (SSSR count). The van der Waals surface area contributed by atoms with Gasteiger partial charge in [-0.3, -0.25) is 4.99 Å². The number of aromatic nitrogens is 2. The summed E-state index contributed by atoms with van der Waals surface area (Å²) in [6.45, 7) is 2.88. The minimum absolute atomic E-state index is 0.732. The zero-order valence-corrected chi connectivity index (χ0v) is 15.0. The van der Waals surface area contributed by atoms with Crippen molar-refractivity contribution >= 4 is 17.3 Å². The highest BCUT2D eigenvalue weighted by atomic mass is 15.3. The maximum Gasteiger partial charge on any atom is 0.198 e. The van der Waals surface area contributed by atoms with Gasteiger partial charge in [0.1, 0.15) is 5.65 Å². The van der Waals surface area contributed by atoms with Crippen LogP contribution in [0, 0.1) is 0 Å². The highest BCUT2D eigenvalue weighted by Gasteiger charge is 2.15. The van der Waals surface area contributed by atoms with E-state index in [1.54, 1.807) is 0 Å². The SMILES string of the molecule is c1ccc(NC(=NCCc2cn3ccccc3n2)N2CCCCC2)cc1. The lowest BCUT2D eigenvalue weighted by Gasteiger charge is -2.30. The van der Waals surface area contributed by atoms with Gasteiger partial charge in [-0.1, -0.05) is 24.3 Å². The van der Waals surface area contributed by atoms with E-state index in [1.807, 2.05) is 42.6 Å². The summed E-state index contributed by atoms with van der Waals surface area (Å²) in [5.74, 6) is 0.986. The number of benzene rings is 1. The first-order chi connectivity index (χ1) is 12.9. The van der Waals surface area contributed by atoms with Gasteiger partial charge < -0.3 is 14.6 Å². The van der Waals surface area contributed by atoms with Gasteiger partial charge in [-0.25, -0.2) is 4.98 Å². The molecule has 0 atom stereocenters. The Hall–Kier alpha value is -2.82. The fourth-order valence-electron chi connectivity index (χ4n) is 3.36. The zero-order chi connectivity index (χ0) is 17.6. The Kier molecular flexibility index (Phi) is 5.14. The summed E-state index contributed by atoms with van der Waals surface area (Å²) in [6.07, 6.45) is 8.76. The van der Waals surface area contributed by atoms with Crippen LogP contribution in [0.2, 0.25) is 0 Å². The molecule has 1 aliphatic rings. The molecule has 0 bridgehead atoms. The van der Waals surface area contributed by atoms with Gasteiger partial charge in [0.15, 0.2) is 5.96 Å². The first kappa shape index (κ1) is 16.6. The Bertz CT molecular complexity index is 829. The molecule has 0 saturated carbocycles. The summed E-state index contributed by atoms with van der Waals surface area (Å²) in [7, 11) is 0. The molecular weight excluding hydrogens is 322 g/mol. The number of piperidine rings is 1. The van der Waals surface area contributed by atoms with Gasteiger partial charge in [-0.2, -0.15) is 0 Å². The molecule has 1 fully saturated rings. The van der Waals surface area contributed by atoms with E-state index in [1.165, 1.54) is 19.3 Å². The van der Waals surface area contributed by atoms with E-state index >= 15 is 0 Å². The van der Waals surface area contributed by atoms with Crippen LogP contribution in [0.3, 0.4) is 0 Å². The van der Waals surface area contributed by atoms with Crippen molar-refractivity contribution < 1.29 is 0 Å². The van der Waals surface area contributed by atoms with Gasteiger partial charge in [0.25, 0.3) is 0 Å². The standard InChI is InChI=1S/C21H25N5/c1-3-9-18(10-4-1)24-21(25-14-6-2-7-15-25)22-13-12-19-17-26-16-8-5-11-20(26)23-19/h1,3-5,8-11,16-17H,2,6-7,12-15H2,(H,22,24). The molecule has 1 N–H and O–H groups in total. The largest absolute Gasteiger partial charge is 0.343 e. The Morgan fingerprint density at radius 1 is 1.00 bits per heavy atom. The average Bonchev–Trinajstić information content (AvgIpc) is 3.11. The number of hydrogen-bond acceptors (Lipinski definition) is 2. The minimum Gasteiger partial charge on any atom is -0.343 e. The second-order valence-corrected chi connectivity index (χ2v) is 6.69. The van der Waals surface area contributed by atoms with Gasteiger partial charge in [-0.15, -0.1) is 0 Å². The van der Waals surface area contributed by atoms with Crippen molar-refractivity contribution in [3.8, 4) is 0 Å². The summed E-state index contributed by atoms with van der Waals surface area (Å²) < 4.78 is 2.06. The summed E-state index contributed by atoms with van der Waals surface area (Å²) in [4.78, 5) is 11.9. The van der Waals surface area contributed by atoms with Crippen molar-refractivity contribution in [2.45, 2.75) is 25.7 Å². The number of para-hydroxylation sites is 1. The molecule has 0 amide bonds. The molecule has 26 heavy (non-hydrogen) atoms. The normalized spacial score (nSPS) is 15.4. The van der Waals surface area contributed by atoms with Crippen LogP contribution in [0.15, 0.2) is 65.9 Å². The molecule has 134 valence electrons. The van der Waals surface area contributed by atoms with Crippen LogP contribution in [-0.4, -0.2) is 39.9 Å². The van der Waals surface area contributed by atoms with Gasteiger partial charge in [0, 0.05) is 44.1 Å². The Morgan fingerprint density at radius 3 is 2.62 bits per heavy atom. The van der Waals surface area contributed by atoms with E-state index in [0.29, 0.717) is 0 Å². The molecule has 0 aliphatic carbocycles. The number of guanidine groups is 1. The fraction of sp³-hybridized carbons (Fsp3) is 0.333. The molecule has 3 heterocycles. The average molecular weight is 347 g/mol. The fourth-order valence-corrected chi connectivity index (χ4v) is 3.36. The number of anilines is 1. The predicted octanol–water partition coefficient (Wildman–Crippen LogP) is 3.83. The third kappa shape index (κ3) is 4.04. The smallest absolute Gasteiger partial charge is 0.198 e. The lowest BCUT2D eigenvalue weighted by atomic mass is 10.1. The van der Waals surface area contributed by atoms with E-state index in [9.17, 15) is 0 Å². The van der Waals surface area contributed by atoms with Crippen molar-refractivity contribution in [2.75, 3.05) is 25.0 Å². The third-order valence-corrected chi connectivity index (χ3v) is 4.73. The first-order valence-electron chi connectivity index (χ1n) is 9.42. The lowest BCUT2D eigenvalue weighted by Crippen LogP contribution is -2.40. The molecule has 2 aromatic heterocycles. The predicted molar refractivity (Wildman–Crippen MR) is 107 cm³/mol. The minimum atomic E-state index is 0.732. The summed E-state index contributed by atoms with van der Waals surface area (Å²) >= 11 is 0. The summed E-state index contributed by atoms with van der Waals surface area (Å²) in [5, 5.41) is 3.51. The molecule has 0 radical (unpaired) electrons. The molecule has 5 heteroatoms. The van der Waals surface area contributed by atoms with Crippen molar-refractivity contribution in [3.05, 3.63) is 66.6 Å². The quantitative estimate of drug-likeness (QED) is 0.576. The maximum absolute atomic E-state index is 4.89. The van der Waals surface area contributed by atoms with Crippen molar-refractivity contribution in [3.63, 3.8) is 0 Å². The van der Waals surface area contributed by atoms with Crippen molar-refractivity contribution in [1.29, 1.82) is 0 Å². The van der Waals surface area contributed by atoms with Crippen LogP contribution < -0.4 is 5.32 Å². The van der Waals surface area contributed by atoms with Crippen LogP contribution in [0.25, 0.3) is 5.65 Å². The van der Waals surface area contributed by atoms with Gasteiger partial charge >= 0.3 is 0 Å². The van der Waals surface area contributed by atoms with E-state index in [2.05, 4.69) is 37.9 Å². The van der Waals surface area contributed by atoms with Crippen LogP contribution >= 0.6 is 0 Å². The topological polar surface area (TPSA) is 44.9 Å². The summed E-state index contributed by atoms with van der Waals surface area (Å²) in [6, 6.07) is 16.4. The number of imidazole rings is 1. The number of likely N-dealkylation sites (tertiary alicyclic amines) is 1. The Morgan fingerprint density at radius 2 is 1.81 bits per heavy atom. The Balaban J connectivity index is 1.46. The monoisotopic (exact) mass is 347 g/mol. The second kappa shape index (κ2) is 8.04. The van der Waals surface area contributed by atoms with Crippen molar-refractivity contribution in [2.24, 2.45) is 4.99 Å². The van der Waals surface area contributed by atoms with Crippen LogP contribution in [-0.2, 0) is 6.42 Å². The van der Waals surface area contributed by atoms with Gasteiger partial charge in [0.05, 0.1) is 5.69 Å². The molecule has 0 unspecified atom stereocenters. The lowest BCUT2D eigenvalue weighted by molar-refractivity contribution is 0.340. The van der Waals surface area contributed by atoms with Gasteiger partial charge in [0.2, 0.25) is 0 Å². The Labute approximate surface area is 154 Å². The zero-order valence-electron chi connectivity index (χ0n) is 15.0. The van der Waals surface area contributed by atoms with E-state index < -0.39 is 0 Å². The molecule has 1 aromatic carbocycles. The van der Waals surface area contributed by atoms with Crippen LogP contribution in [0.4, 0.5) is 5.69 Å². The second-order valence-electron chi connectivity index (χ2n) is 6.69. The molecule has 3 aromatic rings. The first-order valence-corrected chi connectivity index (χ1v) is 9.42. The third-order valence-electron chi connectivity index (χ3n) is 4.73. The number of nitrogens with zero attached hydrogens (tertiary/aromatic N) is 4. The van der Waals surface area contributed by atoms with Gasteiger partial charge in [-0.05, 0) is 43.5 Å². The van der Waals surface area contributed by atoms with Crippen LogP contribution in [0.5, 0.6) is 0 Å². The molecule has 1 aliphatic heterocycles. The number of rotatable bonds is 4. The van der Waals surface area contributed by atoms with Crippen LogP contribution in [0.1, 0.15) is 25.0 Å². The van der Waals surface area contributed by atoms with Crippen molar-refractivity contribution in [1.82, 2.24) is 14.3 Å². The van der Waals surface area contributed by atoms with E-state index in [0.717, 1.165) is 49.0 Å². The maximum atomic E-state index is 4.89. The highest BCUT2D eigenvalue weighted by molar-refractivity contribution is 5.93. The number of pyridine rings is 1.